The zero-order chi connectivity index (χ0) is 46.4. The van der Waals surface area contributed by atoms with Gasteiger partial charge in [0, 0.05) is 25.2 Å². The summed E-state index contributed by atoms with van der Waals surface area (Å²) in [5, 5.41) is 25.5. The number of hydrogen-bond donors (Lipinski definition) is 11. The third-order valence-electron chi connectivity index (χ3n) is 9.63. The maximum atomic E-state index is 13.9. The zero-order valence-corrected chi connectivity index (χ0v) is 36.2. The van der Waals surface area contributed by atoms with E-state index in [1.165, 1.54) is 38.1 Å². The molecule has 1 rings (SSSR count). The number of hydrogen-bond acceptors (Lipinski definition) is 11. The highest BCUT2D eigenvalue weighted by atomic mass is 16.3. The Bertz CT molecular complexity index is 1660. The van der Waals surface area contributed by atoms with E-state index >= 15 is 0 Å². The summed E-state index contributed by atoms with van der Waals surface area (Å²) in [5.41, 5.74) is 22.2. The molecule has 9 amide bonds. The summed E-state index contributed by atoms with van der Waals surface area (Å²) >= 11 is 0. The van der Waals surface area contributed by atoms with Gasteiger partial charge in [0.25, 0.3) is 0 Å². The Kier molecular flexibility index (Phi) is 23.7. The predicted molar refractivity (Wildman–Crippen MR) is 226 cm³/mol. The Morgan fingerprint density at radius 2 is 0.967 bits per heavy atom. The van der Waals surface area contributed by atoms with Gasteiger partial charge in [-0.3, -0.25) is 43.2 Å². The first-order valence-electron chi connectivity index (χ1n) is 20.7. The van der Waals surface area contributed by atoms with E-state index in [2.05, 4.69) is 31.9 Å². The maximum absolute atomic E-state index is 13.9. The highest BCUT2D eigenvalue weighted by Crippen LogP contribution is 2.14. The van der Waals surface area contributed by atoms with Crippen LogP contribution in [0.3, 0.4) is 0 Å². The highest BCUT2D eigenvalue weighted by molar-refractivity contribution is 5.97. The Morgan fingerprint density at radius 1 is 0.525 bits per heavy atom. The normalized spacial score (nSPS) is 14.6. The molecule has 0 bridgehead atoms. The monoisotopic (exact) mass is 861 g/mol. The fraction of sp³-hybridized carbons (Fsp3) is 0.634. The standard InChI is InChI=1S/C41H68N10O10/c1-22(2)19-30(35(45)55)49-41(61)31(20-23(3)4)50-38(58)28(9-7-8-18-42)48-37(57)25(6)46-40(60)32(21-26-11-13-27(52)14-12-26)51-39(59)29(15-17-34(44)54)47-36(56)24(5)10-16-33(43)53/h11-14,22-25,28-32,52H,7-10,15-21,42H2,1-6H3,(H2,43,53)(H2,44,54)(H2,45,55)(H,46,60)(H,47,56)(H,48,57)(H,49,61)(H,50,58)(H,51,59)/t24-,25-,28-,29-,30-,31-,32-/m0/s1. The van der Waals surface area contributed by atoms with Gasteiger partial charge in [0.2, 0.25) is 53.2 Å². The van der Waals surface area contributed by atoms with Gasteiger partial charge in [-0.15, -0.1) is 0 Å². The average molecular weight is 861 g/mol. The van der Waals surface area contributed by atoms with E-state index in [1.54, 1.807) is 0 Å². The van der Waals surface area contributed by atoms with E-state index < -0.39 is 95.3 Å². The van der Waals surface area contributed by atoms with Gasteiger partial charge in [-0.05, 0) is 87.9 Å². The molecular formula is C41H68N10O10. The molecule has 1 aromatic carbocycles. The van der Waals surface area contributed by atoms with Gasteiger partial charge in [-0.25, -0.2) is 0 Å². The van der Waals surface area contributed by atoms with Crippen molar-refractivity contribution in [2.24, 2.45) is 40.7 Å². The molecule has 15 N–H and O–H groups in total. The van der Waals surface area contributed by atoms with Crippen LogP contribution < -0.4 is 54.8 Å². The Morgan fingerprint density at radius 3 is 1.49 bits per heavy atom. The van der Waals surface area contributed by atoms with Crippen molar-refractivity contribution in [2.45, 2.75) is 142 Å². The van der Waals surface area contributed by atoms with E-state index in [9.17, 15) is 48.3 Å². The fourth-order valence-corrected chi connectivity index (χ4v) is 6.11. The number of unbranched alkanes of at least 4 members (excludes halogenated alkanes) is 1. The molecule has 342 valence electrons. The topological polar surface area (TPSA) is 350 Å². The lowest BCUT2D eigenvalue weighted by molar-refractivity contribution is -0.135. The molecule has 0 spiro atoms. The molecule has 0 heterocycles. The third-order valence-corrected chi connectivity index (χ3v) is 9.63. The van der Waals surface area contributed by atoms with E-state index in [-0.39, 0.29) is 69.0 Å². The van der Waals surface area contributed by atoms with Crippen LogP contribution in [-0.2, 0) is 49.6 Å². The molecule has 0 saturated carbocycles. The van der Waals surface area contributed by atoms with Crippen LogP contribution in [0.1, 0.15) is 105 Å². The third kappa shape index (κ3) is 21.3. The Balaban J connectivity index is 3.33. The molecule has 0 aliphatic rings. The van der Waals surface area contributed by atoms with Gasteiger partial charge in [-0.2, -0.15) is 0 Å². The molecule has 0 aromatic heterocycles. The molecule has 0 aliphatic carbocycles. The number of nitrogens with two attached hydrogens (primary N) is 4. The molecule has 0 radical (unpaired) electrons. The number of aromatic hydroxyl groups is 1. The number of carbonyl (C=O) groups excluding carboxylic acids is 9. The Labute approximate surface area is 357 Å². The van der Waals surface area contributed by atoms with Crippen molar-refractivity contribution in [3.05, 3.63) is 29.8 Å². The van der Waals surface area contributed by atoms with Crippen molar-refractivity contribution in [1.82, 2.24) is 31.9 Å². The van der Waals surface area contributed by atoms with Gasteiger partial charge in [-0.1, -0.05) is 46.8 Å². The van der Waals surface area contributed by atoms with Crippen LogP contribution in [0.25, 0.3) is 0 Å². The summed E-state index contributed by atoms with van der Waals surface area (Å²) in [5.74, 6) is -7.28. The number of rotatable bonds is 29. The van der Waals surface area contributed by atoms with Crippen LogP contribution >= 0.6 is 0 Å². The number of benzene rings is 1. The van der Waals surface area contributed by atoms with E-state index in [1.807, 2.05) is 27.7 Å². The summed E-state index contributed by atoms with van der Waals surface area (Å²) in [6, 6.07) is -1.42. The first-order valence-corrected chi connectivity index (χ1v) is 20.7. The largest absolute Gasteiger partial charge is 0.508 e. The van der Waals surface area contributed by atoms with Crippen molar-refractivity contribution in [3.8, 4) is 5.75 Å². The molecule has 20 nitrogen and oxygen atoms in total. The number of nitrogens with one attached hydrogen (secondary N) is 6. The molecule has 1 aromatic rings. The smallest absolute Gasteiger partial charge is 0.243 e. The fourth-order valence-electron chi connectivity index (χ4n) is 6.11. The first kappa shape index (κ1) is 53.2. The van der Waals surface area contributed by atoms with E-state index in [4.69, 9.17) is 22.9 Å². The van der Waals surface area contributed by atoms with Crippen LogP contribution in [0, 0.1) is 17.8 Å². The summed E-state index contributed by atoms with van der Waals surface area (Å²) in [7, 11) is 0. The van der Waals surface area contributed by atoms with Gasteiger partial charge in [0.05, 0.1) is 0 Å². The van der Waals surface area contributed by atoms with Crippen molar-refractivity contribution < 1.29 is 48.3 Å². The van der Waals surface area contributed by atoms with Crippen LogP contribution in [-0.4, -0.2) is 101 Å². The Hall–Kier alpha value is -5.79. The minimum atomic E-state index is -1.37. The number of carbonyl (C=O) groups is 9. The van der Waals surface area contributed by atoms with Gasteiger partial charge < -0.3 is 59.9 Å². The minimum Gasteiger partial charge on any atom is -0.508 e. The first-order chi connectivity index (χ1) is 28.5. The lowest BCUT2D eigenvalue weighted by Crippen LogP contribution is -2.59. The second-order valence-electron chi connectivity index (χ2n) is 16.3. The molecule has 7 atom stereocenters. The van der Waals surface area contributed by atoms with Crippen LogP contribution in [0.5, 0.6) is 5.75 Å². The summed E-state index contributed by atoms with van der Waals surface area (Å²) < 4.78 is 0. The molecule has 0 aliphatic heterocycles. The van der Waals surface area contributed by atoms with Crippen molar-refractivity contribution in [3.63, 3.8) is 0 Å². The molecular weight excluding hydrogens is 793 g/mol. The average Bonchev–Trinajstić information content (AvgIpc) is 3.17. The lowest BCUT2D eigenvalue weighted by atomic mass is 9.99. The van der Waals surface area contributed by atoms with E-state index in [0.29, 0.717) is 24.9 Å². The number of phenols is 1. The molecule has 0 fully saturated rings. The highest BCUT2D eigenvalue weighted by Gasteiger charge is 2.33. The van der Waals surface area contributed by atoms with Crippen molar-refractivity contribution >= 4 is 53.2 Å². The van der Waals surface area contributed by atoms with Crippen LogP contribution in [0.15, 0.2) is 24.3 Å². The maximum Gasteiger partial charge on any atom is 0.243 e. The number of primary amides is 3. The van der Waals surface area contributed by atoms with E-state index in [0.717, 1.165) is 0 Å². The second-order valence-corrected chi connectivity index (χ2v) is 16.3. The van der Waals surface area contributed by atoms with Crippen molar-refractivity contribution in [2.75, 3.05) is 6.54 Å². The molecule has 0 unspecified atom stereocenters. The van der Waals surface area contributed by atoms with Crippen molar-refractivity contribution in [1.29, 1.82) is 0 Å². The van der Waals surface area contributed by atoms with Gasteiger partial charge in [0.1, 0.15) is 42.0 Å². The predicted octanol–water partition coefficient (Wildman–Crippen LogP) is -1.26. The summed E-state index contributed by atoms with van der Waals surface area (Å²) in [6.45, 7) is 10.6. The van der Waals surface area contributed by atoms with Crippen LogP contribution in [0.4, 0.5) is 0 Å². The van der Waals surface area contributed by atoms with Gasteiger partial charge >= 0.3 is 0 Å². The van der Waals surface area contributed by atoms with Gasteiger partial charge in [0.15, 0.2) is 0 Å². The molecule has 0 saturated heterocycles. The number of amides is 9. The summed E-state index contributed by atoms with van der Waals surface area (Å²) in [6.07, 6.45) is 0.905. The molecule has 61 heavy (non-hydrogen) atoms. The lowest BCUT2D eigenvalue weighted by Gasteiger charge is -2.27. The minimum absolute atomic E-state index is 0.0354. The number of phenolic OH excluding ortho intramolecular Hbond substituents is 1. The molecule has 20 heteroatoms. The SMILES string of the molecule is CC(C)C[C@H](NC(=O)[C@H](CC(C)C)NC(=O)[C@H](CCCCN)NC(=O)[C@H](C)NC(=O)[C@H](Cc1ccc(O)cc1)NC(=O)[C@H](CCC(N)=O)NC(=O)[C@@H](C)CCC(N)=O)C(N)=O. The summed E-state index contributed by atoms with van der Waals surface area (Å²) in [4.78, 5) is 116. The zero-order valence-electron chi connectivity index (χ0n) is 36.2. The quantitative estimate of drug-likeness (QED) is 0.0422. The second kappa shape index (κ2) is 27.1. The van der Waals surface area contributed by atoms with Crippen LogP contribution in [0.2, 0.25) is 0 Å².